The van der Waals surface area contributed by atoms with Crippen LogP contribution in [-0.4, -0.2) is 54.5 Å². The standard InChI is InChI=1S/C19H32N4O/c1-18(2)13-19(24-14-18)7-5-15(6-8-19)17-16(11-21-22-17)12-23(4)10-9-20-3/h5,11,20H,6-10,12-14H2,1-4H3,(H,21,22). The molecule has 1 unspecified atom stereocenters. The van der Waals surface area contributed by atoms with Crippen LogP contribution in [0.15, 0.2) is 12.3 Å². The minimum absolute atomic E-state index is 0.0764. The van der Waals surface area contributed by atoms with Crippen LogP contribution in [0, 0.1) is 5.41 Å². The Bertz CT molecular complexity index is 592. The molecule has 2 heterocycles. The summed E-state index contributed by atoms with van der Waals surface area (Å²) in [5.74, 6) is 0. The van der Waals surface area contributed by atoms with Crippen molar-refractivity contribution in [1.82, 2.24) is 20.4 Å². The largest absolute Gasteiger partial charge is 0.374 e. The zero-order valence-electron chi connectivity index (χ0n) is 15.6. The highest BCUT2D eigenvalue weighted by atomic mass is 16.5. The lowest BCUT2D eigenvalue weighted by atomic mass is 9.76. The van der Waals surface area contributed by atoms with Crippen LogP contribution in [0.25, 0.3) is 5.57 Å². The van der Waals surface area contributed by atoms with E-state index >= 15 is 0 Å². The van der Waals surface area contributed by atoms with E-state index in [-0.39, 0.29) is 5.60 Å². The zero-order chi connectivity index (χ0) is 17.2. The molecule has 134 valence electrons. The molecule has 0 amide bonds. The van der Waals surface area contributed by atoms with Gasteiger partial charge >= 0.3 is 0 Å². The zero-order valence-corrected chi connectivity index (χ0v) is 15.6. The average molecular weight is 332 g/mol. The van der Waals surface area contributed by atoms with Crippen molar-refractivity contribution in [3.8, 4) is 0 Å². The first-order valence-electron chi connectivity index (χ1n) is 9.12. The Morgan fingerprint density at radius 2 is 2.25 bits per heavy atom. The maximum Gasteiger partial charge on any atom is 0.0922 e. The van der Waals surface area contributed by atoms with Crippen molar-refractivity contribution >= 4 is 5.57 Å². The van der Waals surface area contributed by atoms with Gasteiger partial charge in [-0.2, -0.15) is 5.10 Å². The van der Waals surface area contributed by atoms with Gasteiger partial charge in [0.1, 0.15) is 0 Å². The van der Waals surface area contributed by atoms with E-state index in [0.717, 1.165) is 51.2 Å². The molecule has 0 radical (unpaired) electrons. The number of aromatic amines is 1. The number of hydrogen-bond donors (Lipinski definition) is 2. The van der Waals surface area contributed by atoms with Crippen LogP contribution in [0.2, 0.25) is 0 Å². The Hall–Kier alpha value is -1.17. The number of H-pyrrole nitrogens is 1. The molecular formula is C19H32N4O. The van der Waals surface area contributed by atoms with E-state index in [1.807, 2.05) is 13.2 Å². The maximum absolute atomic E-state index is 6.21. The second kappa shape index (κ2) is 6.98. The van der Waals surface area contributed by atoms with E-state index in [2.05, 4.69) is 47.4 Å². The first-order valence-corrected chi connectivity index (χ1v) is 9.12. The molecule has 0 saturated carbocycles. The molecule has 2 aliphatic rings. The Morgan fingerprint density at radius 1 is 1.42 bits per heavy atom. The molecule has 0 aromatic carbocycles. The Kier molecular flexibility index (Phi) is 5.13. The molecule has 0 bridgehead atoms. The lowest BCUT2D eigenvalue weighted by Crippen LogP contribution is -2.30. The summed E-state index contributed by atoms with van der Waals surface area (Å²) in [4.78, 5) is 2.33. The monoisotopic (exact) mass is 332 g/mol. The van der Waals surface area contributed by atoms with Crippen LogP contribution < -0.4 is 5.32 Å². The number of hydrogen-bond acceptors (Lipinski definition) is 4. The molecule has 3 rings (SSSR count). The van der Waals surface area contributed by atoms with E-state index in [9.17, 15) is 0 Å². The van der Waals surface area contributed by atoms with Crippen LogP contribution in [0.5, 0.6) is 0 Å². The lowest BCUT2D eigenvalue weighted by molar-refractivity contribution is -0.00367. The molecule has 1 fully saturated rings. The Labute approximate surface area is 145 Å². The minimum Gasteiger partial charge on any atom is -0.374 e. The molecule has 24 heavy (non-hydrogen) atoms. The van der Waals surface area contributed by atoms with Crippen molar-refractivity contribution in [2.45, 2.75) is 51.7 Å². The lowest BCUT2D eigenvalue weighted by Gasteiger charge is -2.32. The summed E-state index contributed by atoms with van der Waals surface area (Å²) in [6.45, 7) is 8.48. The first-order chi connectivity index (χ1) is 11.4. The van der Waals surface area contributed by atoms with Crippen molar-refractivity contribution < 1.29 is 4.74 Å². The summed E-state index contributed by atoms with van der Waals surface area (Å²) >= 11 is 0. The summed E-state index contributed by atoms with van der Waals surface area (Å²) in [5, 5.41) is 10.8. The topological polar surface area (TPSA) is 53.2 Å². The van der Waals surface area contributed by atoms with Gasteiger partial charge in [-0.1, -0.05) is 19.9 Å². The van der Waals surface area contributed by atoms with Gasteiger partial charge in [0.05, 0.1) is 17.9 Å². The summed E-state index contributed by atoms with van der Waals surface area (Å²) in [5.41, 5.74) is 4.22. The van der Waals surface area contributed by atoms with E-state index in [0.29, 0.717) is 5.41 Å². The van der Waals surface area contributed by atoms with E-state index in [1.165, 1.54) is 17.6 Å². The number of allylic oxidation sites excluding steroid dienone is 1. The van der Waals surface area contributed by atoms with Gasteiger partial charge in [-0.25, -0.2) is 0 Å². The quantitative estimate of drug-likeness (QED) is 0.841. The van der Waals surface area contributed by atoms with Crippen molar-refractivity contribution in [3.05, 3.63) is 23.5 Å². The van der Waals surface area contributed by atoms with E-state index in [4.69, 9.17) is 4.74 Å². The van der Waals surface area contributed by atoms with Gasteiger partial charge in [0, 0.05) is 31.4 Å². The van der Waals surface area contributed by atoms with E-state index < -0.39 is 0 Å². The molecule has 1 aliphatic carbocycles. The first kappa shape index (κ1) is 17.6. The molecule has 2 N–H and O–H groups in total. The van der Waals surface area contributed by atoms with Crippen molar-refractivity contribution in [2.75, 3.05) is 33.8 Å². The highest BCUT2D eigenvalue weighted by Crippen LogP contribution is 2.47. The molecule has 1 aromatic rings. The number of nitrogens with one attached hydrogen (secondary N) is 2. The third kappa shape index (κ3) is 3.90. The van der Waals surface area contributed by atoms with Gasteiger partial charge in [0.2, 0.25) is 0 Å². The van der Waals surface area contributed by atoms with Crippen LogP contribution in [0.4, 0.5) is 0 Å². The van der Waals surface area contributed by atoms with Crippen molar-refractivity contribution in [3.63, 3.8) is 0 Å². The predicted octanol–water partition coefficient (Wildman–Crippen LogP) is 2.81. The second-order valence-corrected chi connectivity index (χ2v) is 8.35. The number of likely N-dealkylation sites (N-methyl/N-ethyl adjacent to an activating group) is 2. The fourth-order valence-electron chi connectivity index (χ4n) is 4.09. The van der Waals surface area contributed by atoms with Gasteiger partial charge in [-0.3, -0.25) is 5.10 Å². The van der Waals surface area contributed by atoms with Gasteiger partial charge in [-0.05, 0) is 50.8 Å². The molecule has 1 atom stereocenters. The molecule has 5 heteroatoms. The van der Waals surface area contributed by atoms with Gasteiger partial charge in [0.15, 0.2) is 0 Å². The molecule has 1 spiro atoms. The Balaban J connectivity index is 1.66. The van der Waals surface area contributed by atoms with Crippen LogP contribution in [-0.2, 0) is 11.3 Å². The Morgan fingerprint density at radius 3 is 2.88 bits per heavy atom. The number of rotatable bonds is 6. The maximum atomic E-state index is 6.21. The SMILES string of the molecule is CNCCN(C)Cc1c[nH]nc1C1=CCC2(CC1)CC(C)(C)CO2. The third-order valence-corrected chi connectivity index (χ3v) is 5.35. The molecular weight excluding hydrogens is 300 g/mol. The number of aromatic nitrogens is 2. The minimum atomic E-state index is 0.0764. The van der Waals surface area contributed by atoms with Crippen molar-refractivity contribution in [2.24, 2.45) is 5.41 Å². The van der Waals surface area contributed by atoms with Gasteiger partial charge in [0.25, 0.3) is 0 Å². The summed E-state index contributed by atoms with van der Waals surface area (Å²) in [6, 6.07) is 0. The highest BCUT2D eigenvalue weighted by molar-refractivity contribution is 5.66. The molecule has 1 aromatic heterocycles. The highest BCUT2D eigenvalue weighted by Gasteiger charge is 2.44. The molecule has 1 saturated heterocycles. The van der Waals surface area contributed by atoms with E-state index in [1.54, 1.807) is 0 Å². The normalized spacial score (nSPS) is 26.3. The van der Waals surface area contributed by atoms with Gasteiger partial charge in [-0.15, -0.1) is 0 Å². The van der Waals surface area contributed by atoms with Crippen molar-refractivity contribution in [1.29, 1.82) is 0 Å². The molecule has 1 aliphatic heterocycles. The smallest absolute Gasteiger partial charge is 0.0922 e. The fraction of sp³-hybridized carbons (Fsp3) is 0.737. The third-order valence-electron chi connectivity index (χ3n) is 5.35. The van der Waals surface area contributed by atoms with Crippen LogP contribution >= 0.6 is 0 Å². The van der Waals surface area contributed by atoms with Crippen LogP contribution in [0.1, 0.15) is 50.8 Å². The second-order valence-electron chi connectivity index (χ2n) is 8.35. The number of ether oxygens (including phenoxy) is 1. The summed E-state index contributed by atoms with van der Waals surface area (Å²) in [6.07, 6.45) is 8.79. The van der Waals surface area contributed by atoms with Gasteiger partial charge < -0.3 is 15.0 Å². The fourth-order valence-corrected chi connectivity index (χ4v) is 4.09. The average Bonchev–Trinajstić information content (AvgIpc) is 3.11. The summed E-state index contributed by atoms with van der Waals surface area (Å²) < 4.78 is 6.21. The number of nitrogens with zero attached hydrogens (tertiary/aromatic N) is 2. The summed E-state index contributed by atoms with van der Waals surface area (Å²) in [7, 11) is 4.15. The molecule has 5 nitrogen and oxygen atoms in total. The predicted molar refractivity (Wildman–Crippen MR) is 97.8 cm³/mol. The van der Waals surface area contributed by atoms with Crippen LogP contribution in [0.3, 0.4) is 0 Å².